The summed E-state index contributed by atoms with van der Waals surface area (Å²) in [4.78, 5) is 13.8. The number of fused-ring (bicyclic) bond motifs is 3. The number of imidazole rings is 1. The molecular weight excluding hydrogens is 366 g/mol. The Bertz CT molecular complexity index is 969. The summed E-state index contributed by atoms with van der Waals surface area (Å²) in [5.41, 5.74) is 3.01. The van der Waals surface area contributed by atoms with Crippen LogP contribution in [0.3, 0.4) is 0 Å². The van der Waals surface area contributed by atoms with E-state index < -0.39 is 0 Å². The largest absolute Gasteiger partial charge is 0.490 e. The summed E-state index contributed by atoms with van der Waals surface area (Å²) >= 11 is 0. The van der Waals surface area contributed by atoms with Crippen LogP contribution in [0.1, 0.15) is 44.5 Å². The fourth-order valence-corrected chi connectivity index (χ4v) is 3.84. The molecule has 0 unspecified atom stereocenters. The van der Waals surface area contributed by atoms with Crippen LogP contribution in [0.15, 0.2) is 24.5 Å². The van der Waals surface area contributed by atoms with Gasteiger partial charge in [-0.05, 0) is 50.8 Å². The van der Waals surface area contributed by atoms with Gasteiger partial charge in [0.25, 0.3) is 0 Å². The van der Waals surface area contributed by atoms with Crippen molar-refractivity contribution in [1.29, 1.82) is 0 Å². The van der Waals surface area contributed by atoms with E-state index in [1.807, 2.05) is 19.9 Å². The minimum absolute atomic E-state index is 0.617. The highest BCUT2D eigenvalue weighted by Gasteiger charge is 2.17. The number of ether oxygens (including phenoxy) is 2. The van der Waals surface area contributed by atoms with Crippen molar-refractivity contribution in [2.75, 3.05) is 25.1 Å². The van der Waals surface area contributed by atoms with Gasteiger partial charge in [-0.25, -0.2) is 15.0 Å². The van der Waals surface area contributed by atoms with Gasteiger partial charge in [-0.1, -0.05) is 12.5 Å². The van der Waals surface area contributed by atoms with Crippen LogP contribution in [-0.4, -0.2) is 39.3 Å². The molecule has 29 heavy (non-hydrogen) atoms. The summed E-state index contributed by atoms with van der Waals surface area (Å²) in [6.07, 6.45) is 7.14. The first-order chi connectivity index (χ1) is 14.3. The van der Waals surface area contributed by atoms with Gasteiger partial charge in [0.1, 0.15) is 12.2 Å². The summed E-state index contributed by atoms with van der Waals surface area (Å²) in [7, 11) is 0. The van der Waals surface area contributed by atoms with Gasteiger partial charge in [0.15, 0.2) is 28.5 Å². The van der Waals surface area contributed by atoms with Crippen LogP contribution in [0.25, 0.3) is 11.2 Å². The fourth-order valence-electron chi connectivity index (χ4n) is 3.84. The lowest BCUT2D eigenvalue weighted by Crippen LogP contribution is -2.08. The Morgan fingerprint density at radius 1 is 1.03 bits per heavy atom. The molecule has 1 N–H and O–H groups in total. The second-order valence-corrected chi connectivity index (χ2v) is 7.21. The molecule has 0 fully saturated rings. The van der Waals surface area contributed by atoms with E-state index in [9.17, 15) is 0 Å². The molecule has 4 rings (SSSR count). The highest BCUT2D eigenvalue weighted by Crippen LogP contribution is 2.29. The van der Waals surface area contributed by atoms with Crippen LogP contribution in [0.4, 0.5) is 5.82 Å². The Balaban J connectivity index is 1.47. The summed E-state index contributed by atoms with van der Waals surface area (Å²) < 4.78 is 13.6. The zero-order valence-electron chi connectivity index (χ0n) is 17.3. The molecular formula is C22H29N5O2. The second kappa shape index (κ2) is 9.11. The smallest absolute Gasteiger partial charge is 0.165 e. The monoisotopic (exact) mass is 395 g/mol. The van der Waals surface area contributed by atoms with Crippen LogP contribution in [0, 0.1) is 0 Å². The Morgan fingerprint density at radius 2 is 1.90 bits per heavy atom. The van der Waals surface area contributed by atoms with Crippen LogP contribution in [-0.2, 0) is 19.4 Å². The van der Waals surface area contributed by atoms with Crippen LogP contribution < -0.4 is 14.8 Å². The van der Waals surface area contributed by atoms with E-state index in [1.165, 1.54) is 24.8 Å². The molecule has 0 spiro atoms. The third kappa shape index (κ3) is 4.28. The number of anilines is 1. The molecule has 0 saturated carbocycles. The van der Waals surface area contributed by atoms with Crippen molar-refractivity contribution in [2.45, 2.75) is 52.5 Å². The summed E-state index contributed by atoms with van der Waals surface area (Å²) in [6.45, 7) is 6.95. The highest BCUT2D eigenvalue weighted by molar-refractivity contribution is 5.83. The maximum absolute atomic E-state index is 5.73. The molecule has 0 aliphatic carbocycles. The zero-order valence-corrected chi connectivity index (χ0v) is 17.3. The van der Waals surface area contributed by atoms with Gasteiger partial charge < -0.3 is 19.4 Å². The third-order valence-corrected chi connectivity index (χ3v) is 5.21. The first-order valence-corrected chi connectivity index (χ1v) is 10.6. The SMILES string of the molecule is CCOc1ccc(CCNc2ncnc3c2nc2n3CCCCC2)cc1OCC. The molecule has 7 heteroatoms. The lowest BCUT2D eigenvalue weighted by Gasteiger charge is -2.13. The molecule has 1 aliphatic rings. The van der Waals surface area contributed by atoms with E-state index in [-0.39, 0.29) is 0 Å². The number of hydrogen-bond donors (Lipinski definition) is 1. The molecule has 1 aliphatic heterocycles. The molecule has 0 saturated heterocycles. The molecule has 0 radical (unpaired) electrons. The van der Waals surface area contributed by atoms with Crippen molar-refractivity contribution in [3.8, 4) is 11.5 Å². The van der Waals surface area contributed by atoms with Gasteiger partial charge in [0, 0.05) is 19.5 Å². The lowest BCUT2D eigenvalue weighted by molar-refractivity contribution is 0.287. The lowest BCUT2D eigenvalue weighted by atomic mass is 10.1. The Labute approximate surface area is 171 Å². The van der Waals surface area contributed by atoms with E-state index >= 15 is 0 Å². The Hall–Kier alpha value is -2.83. The topological polar surface area (TPSA) is 74.1 Å². The van der Waals surface area contributed by atoms with Gasteiger partial charge >= 0.3 is 0 Å². The standard InChI is InChI=1S/C22H29N5O2/c1-3-28-17-10-9-16(14-18(17)29-4-2)11-12-23-21-20-22(25-15-24-21)27-13-7-5-6-8-19(27)26-20/h9-10,14-15H,3-8,11-13H2,1-2H3,(H,23,24,25). The Morgan fingerprint density at radius 3 is 2.76 bits per heavy atom. The number of nitrogens with zero attached hydrogens (tertiary/aromatic N) is 4. The first-order valence-electron chi connectivity index (χ1n) is 10.6. The molecule has 3 aromatic rings. The van der Waals surface area contributed by atoms with Crippen molar-refractivity contribution in [2.24, 2.45) is 0 Å². The fraction of sp³-hybridized carbons (Fsp3) is 0.500. The summed E-state index contributed by atoms with van der Waals surface area (Å²) in [6, 6.07) is 6.13. The van der Waals surface area contributed by atoms with E-state index in [4.69, 9.17) is 14.5 Å². The van der Waals surface area contributed by atoms with Gasteiger partial charge in [-0.3, -0.25) is 0 Å². The number of rotatable bonds is 8. The van der Waals surface area contributed by atoms with Crippen molar-refractivity contribution in [3.63, 3.8) is 0 Å². The van der Waals surface area contributed by atoms with Crippen LogP contribution in [0.5, 0.6) is 11.5 Å². The normalized spacial score (nSPS) is 13.7. The van der Waals surface area contributed by atoms with Crippen LogP contribution >= 0.6 is 0 Å². The molecule has 1 aromatic carbocycles. The summed E-state index contributed by atoms with van der Waals surface area (Å²) in [5.74, 6) is 3.54. The number of nitrogens with one attached hydrogen (secondary N) is 1. The molecule has 7 nitrogen and oxygen atoms in total. The van der Waals surface area contributed by atoms with Gasteiger partial charge in [0.2, 0.25) is 0 Å². The van der Waals surface area contributed by atoms with E-state index in [0.29, 0.717) is 13.2 Å². The average Bonchev–Trinajstić information content (AvgIpc) is 2.92. The molecule has 0 bridgehead atoms. The maximum Gasteiger partial charge on any atom is 0.165 e. The second-order valence-electron chi connectivity index (χ2n) is 7.21. The third-order valence-electron chi connectivity index (χ3n) is 5.21. The molecule has 3 heterocycles. The average molecular weight is 396 g/mol. The van der Waals surface area contributed by atoms with Crippen molar-refractivity contribution in [1.82, 2.24) is 19.5 Å². The molecule has 2 aromatic heterocycles. The van der Waals surface area contributed by atoms with Gasteiger partial charge in [-0.2, -0.15) is 0 Å². The van der Waals surface area contributed by atoms with E-state index in [0.717, 1.165) is 60.2 Å². The molecule has 154 valence electrons. The van der Waals surface area contributed by atoms with Crippen molar-refractivity contribution < 1.29 is 9.47 Å². The minimum atomic E-state index is 0.617. The van der Waals surface area contributed by atoms with Gasteiger partial charge in [0.05, 0.1) is 13.2 Å². The predicted molar refractivity (Wildman–Crippen MR) is 114 cm³/mol. The van der Waals surface area contributed by atoms with E-state index in [1.54, 1.807) is 6.33 Å². The van der Waals surface area contributed by atoms with Crippen molar-refractivity contribution >= 4 is 17.0 Å². The van der Waals surface area contributed by atoms with E-state index in [2.05, 4.69) is 32.0 Å². The molecule has 0 atom stereocenters. The first kappa shape index (κ1) is 19.5. The van der Waals surface area contributed by atoms with Gasteiger partial charge in [-0.15, -0.1) is 0 Å². The van der Waals surface area contributed by atoms with Crippen molar-refractivity contribution in [3.05, 3.63) is 35.9 Å². The number of aromatic nitrogens is 4. The number of hydrogen-bond acceptors (Lipinski definition) is 6. The number of benzene rings is 1. The highest BCUT2D eigenvalue weighted by atomic mass is 16.5. The molecule has 0 amide bonds. The Kier molecular flexibility index (Phi) is 6.12. The maximum atomic E-state index is 5.73. The quantitative estimate of drug-likeness (QED) is 0.621. The number of aryl methyl sites for hydroxylation is 2. The van der Waals surface area contributed by atoms with Crippen LogP contribution in [0.2, 0.25) is 0 Å². The zero-order chi connectivity index (χ0) is 20.1. The minimum Gasteiger partial charge on any atom is -0.490 e. The predicted octanol–water partition coefficient (Wildman–Crippen LogP) is 4.00. The summed E-state index contributed by atoms with van der Waals surface area (Å²) in [5, 5.41) is 3.45.